The highest BCUT2D eigenvalue weighted by molar-refractivity contribution is 5.85. The van der Waals surface area contributed by atoms with Gasteiger partial charge in [-0.25, -0.2) is 4.79 Å². The number of aliphatic hydroxyl groups is 1. The minimum atomic E-state index is -1.05. The molecule has 5 nitrogen and oxygen atoms in total. The predicted molar refractivity (Wildman–Crippen MR) is 41.0 cm³/mol. The van der Waals surface area contributed by atoms with Crippen molar-refractivity contribution in [2.75, 3.05) is 6.61 Å². The summed E-state index contributed by atoms with van der Waals surface area (Å²) in [6, 6.07) is 1.47. The summed E-state index contributed by atoms with van der Waals surface area (Å²) in [5, 5.41) is 20.9. The van der Waals surface area contributed by atoms with E-state index in [1.807, 2.05) is 0 Å². The lowest BCUT2D eigenvalue weighted by Crippen LogP contribution is -2.07. The Bertz CT molecular complexity index is 293. The average molecular weight is 170 g/mol. The second kappa shape index (κ2) is 3.36. The number of carboxylic acid groups (broad SMARTS) is 1. The van der Waals surface area contributed by atoms with E-state index in [2.05, 4.69) is 5.10 Å². The average Bonchev–Trinajstić information content (AvgIpc) is 2.34. The van der Waals surface area contributed by atoms with Crippen molar-refractivity contribution in [3.8, 4) is 0 Å². The first-order valence-electron chi connectivity index (χ1n) is 3.53. The van der Waals surface area contributed by atoms with Crippen molar-refractivity contribution in [3.63, 3.8) is 0 Å². The van der Waals surface area contributed by atoms with E-state index in [0.29, 0.717) is 6.54 Å². The van der Waals surface area contributed by atoms with Crippen LogP contribution in [0.4, 0.5) is 0 Å². The van der Waals surface area contributed by atoms with Crippen LogP contribution in [-0.4, -0.2) is 32.6 Å². The standard InChI is InChI=1S/C7H10N2O3/c1-5-4-6(7(11)12)8-9(5)2-3-10/h4,10H,2-3H2,1H3,(H,11,12). The number of aliphatic hydroxyl groups excluding tert-OH is 1. The molecule has 66 valence electrons. The van der Waals surface area contributed by atoms with Gasteiger partial charge in [0.2, 0.25) is 0 Å². The van der Waals surface area contributed by atoms with Gasteiger partial charge in [0.05, 0.1) is 13.2 Å². The largest absolute Gasteiger partial charge is 0.476 e. The van der Waals surface area contributed by atoms with Crippen LogP contribution in [0.3, 0.4) is 0 Å². The van der Waals surface area contributed by atoms with Gasteiger partial charge in [-0.1, -0.05) is 0 Å². The first kappa shape index (κ1) is 8.73. The molecule has 0 saturated carbocycles. The molecule has 1 aromatic heterocycles. The van der Waals surface area contributed by atoms with E-state index >= 15 is 0 Å². The van der Waals surface area contributed by atoms with Gasteiger partial charge in [-0.3, -0.25) is 4.68 Å². The predicted octanol–water partition coefficient (Wildman–Crippen LogP) is -0.118. The number of carboxylic acids is 1. The summed E-state index contributed by atoms with van der Waals surface area (Å²) in [4.78, 5) is 10.4. The van der Waals surface area contributed by atoms with Crippen molar-refractivity contribution >= 4 is 5.97 Å². The minimum absolute atomic E-state index is 0.0148. The number of aromatic carboxylic acids is 1. The zero-order valence-corrected chi connectivity index (χ0v) is 6.69. The Hall–Kier alpha value is -1.36. The van der Waals surface area contributed by atoms with Crippen LogP contribution in [-0.2, 0) is 6.54 Å². The van der Waals surface area contributed by atoms with Gasteiger partial charge < -0.3 is 10.2 Å². The zero-order valence-electron chi connectivity index (χ0n) is 6.69. The Labute approximate surface area is 69.2 Å². The molecule has 12 heavy (non-hydrogen) atoms. The zero-order chi connectivity index (χ0) is 9.14. The molecule has 0 aliphatic heterocycles. The van der Waals surface area contributed by atoms with Crippen LogP contribution in [0.2, 0.25) is 0 Å². The van der Waals surface area contributed by atoms with Crippen LogP contribution in [0, 0.1) is 6.92 Å². The van der Waals surface area contributed by atoms with E-state index < -0.39 is 5.97 Å². The first-order chi connectivity index (χ1) is 5.65. The SMILES string of the molecule is Cc1cc(C(=O)O)nn1CCO. The topological polar surface area (TPSA) is 75.3 Å². The normalized spacial score (nSPS) is 10.2. The summed E-state index contributed by atoms with van der Waals surface area (Å²) in [5.74, 6) is -1.05. The molecule has 0 aliphatic carbocycles. The quantitative estimate of drug-likeness (QED) is 0.663. The van der Waals surface area contributed by atoms with Crippen LogP contribution in [0.1, 0.15) is 16.2 Å². The van der Waals surface area contributed by atoms with Crippen LogP contribution in [0.15, 0.2) is 6.07 Å². The second-order valence-corrected chi connectivity index (χ2v) is 2.42. The van der Waals surface area contributed by atoms with E-state index in [0.717, 1.165) is 5.69 Å². The van der Waals surface area contributed by atoms with Crippen LogP contribution >= 0.6 is 0 Å². The molecule has 0 spiro atoms. The summed E-state index contributed by atoms with van der Waals surface area (Å²) in [7, 11) is 0. The lowest BCUT2D eigenvalue weighted by atomic mass is 10.4. The highest BCUT2D eigenvalue weighted by atomic mass is 16.4. The lowest BCUT2D eigenvalue weighted by Gasteiger charge is -1.98. The summed E-state index contributed by atoms with van der Waals surface area (Å²) in [6.45, 7) is 2.04. The smallest absolute Gasteiger partial charge is 0.356 e. The fourth-order valence-electron chi connectivity index (χ4n) is 0.936. The Balaban J connectivity index is 2.92. The Morgan fingerprint density at radius 2 is 2.42 bits per heavy atom. The van der Waals surface area contributed by atoms with E-state index in [9.17, 15) is 4.79 Å². The van der Waals surface area contributed by atoms with Gasteiger partial charge in [0.25, 0.3) is 0 Å². The molecule has 0 atom stereocenters. The number of hydrogen-bond donors (Lipinski definition) is 2. The third-order valence-electron chi connectivity index (χ3n) is 1.51. The fourth-order valence-corrected chi connectivity index (χ4v) is 0.936. The molecule has 0 unspecified atom stereocenters. The first-order valence-corrected chi connectivity index (χ1v) is 3.53. The third kappa shape index (κ3) is 1.62. The monoisotopic (exact) mass is 170 g/mol. The molecular weight excluding hydrogens is 160 g/mol. The maximum atomic E-state index is 10.4. The molecule has 0 aromatic carbocycles. The molecule has 0 saturated heterocycles. The maximum Gasteiger partial charge on any atom is 0.356 e. The fraction of sp³-hybridized carbons (Fsp3) is 0.429. The molecule has 0 radical (unpaired) electrons. The van der Waals surface area contributed by atoms with Gasteiger partial charge in [0.15, 0.2) is 5.69 Å². The number of aryl methyl sites for hydroxylation is 1. The number of carbonyl (C=O) groups is 1. The summed E-state index contributed by atoms with van der Waals surface area (Å²) in [5.41, 5.74) is 0.752. The van der Waals surface area contributed by atoms with Crippen molar-refractivity contribution in [1.82, 2.24) is 9.78 Å². The van der Waals surface area contributed by atoms with Gasteiger partial charge in [-0.05, 0) is 13.0 Å². The van der Waals surface area contributed by atoms with Crippen molar-refractivity contribution in [1.29, 1.82) is 0 Å². The molecule has 1 heterocycles. The van der Waals surface area contributed by atoms with E-state index in [1.165, 1.54) is 10.7 Å². The van der Waals surface area contributed by atoms with Crippen LogP contribution in [0.5, 0.6) is 0 Å². The number of hydrogen-bond acceptors (Lipinski definition) is 3. The van der Waals surface area contributed by atoms with E-state index in [-0.39, 0.29) is 12.3 Å². The second-order valence-electron chi connectivity index (χ2n) is 2.42. The summed E-state index contributed by atoms with van der Waals surface area (Å²) >= 11 is 0. The molecule has 1 rings (SSSR count). The van der Waals surface area contributed by atoms with Crippen LogP contribution in [0.25, 0.3) is 0 Å². The Kier molecular flexibility index (Phi) is 2.44. The molecular formula is C7H10N2O3. The lowest BCUT2D eigenvalue weighted by molar-refractivity contribution is 0.0689. The molecule has 0 fully saturated rings. The molecule has 5 heteroatoms. The molecule has 0 aliphatic rings. The Morgan fingerprint density at radius 1 is 1.75 bits per heavy atom. The third-order valence-corrected chi connectivity index (χ3v) is 1.51. The van der Waals surface area contributed by atoms with Crippen molar-refractivity contribution in [2.45, 2.75) is 13.5 Å². The van der Waals surface area contributed by atoms with Gasteiger partial charge in [-0.2, -0.15) is 5.10 Å². The van der Waals surface area contributed by atoms with Crippen molar-refractivity contribution in [2.24, 2.45) is 0 Å². The summed E-state index contributed by atoms with van der Waals surface area (Å²) in [6.07, 6.45) is 0. The Morgan fingerprint density at radius 3 is 2.83 bits per heavy atom. The van der Waals surface area contributed by atoms with Gasteiger partial charge in [-0.15, -0.1) is 0 Å². The summed E-state index contributed by atoms with van der Waals surface area (Å²) < 4.78 is 1.46. The highest BCUT2D eigenvalue weighted by Gasteiger charge is 2.09. The highest BCUT2D eigenvalue weighted by Crippen LogP contribution is 2.02. The molecule has 0 amide bonds. The number of aromatic nitrogens is 2. The molecule has 2 N–H and O–H groups in total. The van der Waals surface area contributed by atoms with Gasteiger partial charge >= 0.3 is 5.97 Å². The van der Waals surface area contributed by atoms with E-state index in [1.54, 1.807) is 6.92 Å². The van der Waals surface area contributed by atoms with Crippen LogP contribution < -0.4 is 0 Å². The van der Waals surface area contributed by atoms with Crippen molar-refractivity contribution < 1.29 is 15.0 Å². The number of nitrogens with zero attached hydrogens (tertiary/aromatic N) is 2. The molecule has 1 aromatic rings. The van der Waals surface area contributed by atoms with Gasteiger partial charge in [0, 0.05) is 5.69 Å². The van der Waals surface area contributed by atoms with Crippen molar-refractivity contribution in [3.05, 3.63) is 17.5 Å². The van der Waals surface area contributed by atoms with Gasteiger partial charge in [0.1, 0.15) is 0 Å². The molecule has 0 bridgehead atoms. The maximum absolute atomic E-state index is 10.4. The minimum Gasteiger partial charge on any atom is -0.476 e. The van der Waals surface area contributed by atoms with E-state index in [4.69, 9.17) is 10.2 Å². The number of rotatable bonds is 3.